The molecule has 0 radical (unpaired) electrons. The number of benzene rings is 1. The van der Waals surface area contributed by atoms with Crippen LogP contribution in [0.1, 0.15) is 27.2 Å². The van der Waals surface area contributed by atoms with Gasteiger partial charge in [-0.3, -0.25) is 4.79 Å². The molecule has 1 heterocycles. The second-order valence-electron chi connectivity index (χ2n) is 3.49. The summed E-state index contributed by atoms with van der Waals surface area (Å²) in [4.78, 5) is 15.9. The molecule has 2 aromatic rings. The lowest BCUT2D eigenvalue weighted by molar-refractivity contribution is 0.102. The predicted molar refractivity (Wildman–Crippen MR) is 68.3 cm³/mol. The smallest absolute Gasteiger partial charge is 0.171 e. The Labute approximate surface area is 103 Å². The number of carbonyl (C=O) groups excluding carboxylic acids is 1. The molecule has 0 saturated carbocycles. The zero-order chi connectivity index (χ0) is 12.3. The van der Waals surface area contributed by atoms with Gasteiger partial charge >= 0.3 is 0 Å². The van der Waals surface area contributed by atoms with Crippen LogP contribution in [0.15, 0.2) is 42.8 Å². The maximum Gasteiger partial charge on any atom is 0.171 e. The molecule has 1 N–H and O–H groups in total. The van der Waals surface area contributed by atoms with Gasteiger partial charge in [-0.1, -0.05) is 30.3 Å². The van der Waals surface area contributed by atoms with Crippen molar-refractivity contribution >= 4 is 22.7 Å². The first-order valence-electron chi connectivity index (χ1n) is 5.09. The highest BCUT2D eigenvalue weighted by Crippen LogP contribution is 2.26. The number of nitrogens with zero attached hydrogens (tertiary/aromatic N) is 1. The van der Waals surface area contributed by atoms with Gasteiger partial charge in [0.1, 0.15) is 5.01 Å². The van der Waals surface area contributed by atoms with Gasteiger partial charge in [-0.05, 0) is 5.56 Å². The van der Waals surface area contributed by atoms with Gasteiger partial charge in [0.25, 0.3) is 0 Å². The summed E-state index contributed by atoms with van der Waals surface area (Å²) in [6.45, 7) is 1.50. The Hall–Kier alpha value is -1.94. The predicted octanol–water partition coefficient (Wildman–Crippen LogP) is 3.29. The van der Waals surface area contributed by atoms with Gasteiger partial charge in [-0.15, -0.1) is 11.3 Å². The van der Waals surface area contributed by atoms with Crippen LogP contribution in [0.2, 0.25) is 0 Å². The van der Waals surface area contributed by atoms with Crippen LogP contribution in [0.3, 0.4) is 0 Å². The summed E-state index contributed by atoms with van der Waals surface area (Å²) in [5.74, 6) is -0.0147. The van der Waals surface area contributed by atoms with Gasteiger partial charge in [-0.25, -0.2) is 4.98 Å². The van der Waals surface area contributed by atoms with Gasteiger partial charge in [0, 0.05) is 13.1 Å². The van der Waals surface area contributed by atoms with E-state index in [1.54, 1.807) is 0 Å². The average Bonchev–Trinajstić information content (AvgIpc) is 2.81. The quantitative estimate of drug-likeness (QED) is 0.666. The summed E-state index contributed by atoms with van der Waals surface area (Å²) >= 11 is 1.28. The van der Waals surface area contributed by atoms with Crippen molar-refractivity contribution in [3.8, 4) is 0 Å². The van der Waals surface area contributed by atoms with E-state index in [9.17, 15) is 9.90 Å². The van der Waals surface area contributed by atoms with Crippen molar-refractivity contribution in [2.24, 2.45) is 0 Å². The van der Waals surface area contributed by atoms with E-state index in [2.05, 4.69) is 4.98 Å². The Bertz CT molecular complexity index is 558. The average molecular weight is 245 g/mol. The van der Waals surface area contributed by atoms with E-state index in [1.807, 2.05) is 30.3 Å². The van der Waals surface area contributed by atoms with Crippen LogP contribution >= 0.6 is 11.3 Å². The Morgan fingerprint density at radius 1 is 1.35 bits per heavy atom. The first-order chi connectivity index (χ1) is 8.22. The van der Waals surface area contributed by atoms with E-state index in [-0.39, 0.29) is 5.78 Å². The third kappa shape index (κ3) is 2.42. The molecule has 0 bridgehead atoms. The van der Waals surface area contributed by atoms with Gasteiger partial charge in [-0.2, -0.15) is 0 Å². The number of thiazole rings is 1. The SMILES string of the molecule is CC(=O)c1cnc(C(=CO)c2ccccc2)s1. The second kappa shape index (κ2) is 4.93. The molecule has 0 aliphatic heterocycles. The van der Waals surface area contributed by atoms with Crippen molar-refractivity contribution in [3.05, 3.63) is 58.2 Å². The Kier molecular flexibility index (Phi) is 3.35. The fourth-order valence-electron chi connectivity index (χ4n) is 1.43. The minimum Gasteiger partial charge on any atom is -0.515 e. The Morgan fingerprint density at radius 2 is 2.06 bits per heavy atom. The number of hydrogen-bond donors (Lipinski definition) is 1. The molecule has 0 spiro atoms. The molecule has 86 valence electrons. The number of rotatable bonds is 3. The summed E-state index contributed by atoms with van der Waals surface area (Å²) in [7, 11) is 0. The van der Waals surface area contributed by atoms with Crippen LogP contribution in [-0.2, 0) is 0 Å². The highest BCUT2D eigenvalue weighted by Gasteiger charge is 2.11. The van der Waals surface area contributed by atoms with Gasteiger partial charge < -0.3 is 5.11 Å². The third-order valence-electron chi connectivity index (χ3n) is 2.30. The lowest BCUT2D eigenvalue weighted by Crippen LogP contribution is -1.86. The molecule has 1 aromatic heterocycles. The molecular weight excluding hydrogens is 234 g/mol. The molecule has 0 aliphatic rings. The molecule has 4 heteroatoms. The second-order valence-corrected chi connectivity index (χ2v) is 4.53. The van der Waals surface area contributed by atoms with Crippen LogP contribution in [0.25, 0.3) is 5.57 Å². The molecule has 17 heavy (non-hydrogen) atoms. The van der Waals surface area contributed by atoms with Crippen LogP contribution in [0.5, 0.6) is 0 Å². The lowest BCUT2D eigenvalue weighted by Gasteiger charge is -2.01. The van der Waals surface area contributed by atoms with Crippen LogP contribution < -0.4 is 0 Å². The zero-order valence-electron chi connectivity index (χ0n) is 9.25. The maximum atomic E-state index is 11.2. The number of Topliss-reactive ketones (excluding diaryl/α,β-unsaturated/α-hetero) is 1. The zero-order valence-corrected chi connectivity index (χ0v) is 10.1. The summed E-state index contributed by atoms with van der Waals surface area (Å²) in [5, 5.41) is 9.94. The molecule has 0 fully saturated rings. The van der Waals surface area contributed by atoms with Crippen molar-refractivity contribution in [1.82, 2.24) is 4.98 Å². The summed E-state index contributed by atoms with van der Waals surface area (Å²) in [5.41, 5.74) is 1.50. The summed E-state index contributed by atoms with van der Waals surface area (Å²) < 4.78 is 0. The van der Waals surface area contributed by atoms with E-state index >= 15 is 0 Å². The number of aliphatic hydroxyl groups is 1. The molecule has 0 atom stereocenters. The Morgan fingerprint density at radius 3 is 2.59 bits per heavy atom. The number of aromatic nitrogens is 1. The number of ketones is 1. The standard InChI is InChI=1S/C13H11NO2S/c1-9(16)12-7-14-13(17-12)11(8-15)10-5-3-2-4-6-10/h2-8,15H,1H3. The molecule has 0 unspecified atom stereocenters. The monoisotopic (exact) mass is 245 g/mol. The number of hydrogen-bond acceptors (Lipinski definition) is 4. The summed E-state index contributed by atoms with van der Waals surface area (Å²) in [6.07, 6.45) is 2.56. The largest absolute Gasteiger partial charge is 0.515 e. The van der Waals surface area contributed by atoms with Crippen molar-refractivity contribution in [2.75, 3.05) is 0 Å². The molecule has 0 aliphatic carbocycles. The number of aliphatic hydroxyl groups excluding tert-OH is 1. The van der Waals surface area contributed by atoms with E-state index in [0.29, 0.717) is 15.5 Å². The molecule has 2 rings (SSSR count). The van der Waals surface area contributed by atoms with Crippen LogP contribution in [0, 0.1) is 0 Å². The summed E-state index contributed by atoms with van der Waals surface area (Å²) in [6, 6.07) is 9.45. The molecule has 0 amide bonds. The van der Waals surface area contributed by atoms with Gasteiger partial charge in [0.2, 0.25) is 0 Å². The van der Waals surface area contributed by atoms with E-state index in [1.165, 1.54) is 24.5 Å². The van der Waals surface area contributed by atoms with Crippen molar-refractivity contribution in [1.29, 1.82) is 0 Å². The van der Waals surface area contributed by atoms with Gasteiger partial charge in [0.15, 0.2) is 5.78 Å². The minimum atomic E-state index is -0.0147. The third-order valence-corrected chi connectivity index (χ3v) is 3.43. The van der Waals surface area contributed by atoms with Crippen LogP contribution in [-0.4, -0.2) is 15.9 Å². The minimum absolute atomic E-state index is 0.0147. The van der Waals surface area contributed by atoms with Crippen molar-refractivity contribution in [2.45, 2.75) is 6.92 Å². The maximum absolute atomic E-state index is 11.2. The first kappa shape index (κ1) is 11.5. The van der Waals surface area contributed by atoms with Crippen LogP contribution in [0.4, 0.5) is 0 Å². The molecule has 0 saturated heterocycles. The van der Waals surface area contributed by atoms with Crippen molar-refractivity contribution < 1.29 is 9.90 Å². The van der Waals surface area contributed by atoms with E-state index in [4.69, 9.17) is 0 Å². The highest BCUT2D eigenvalue weighted by atomic mass is 32.1. The number of carbonyl (C=O) groups is 1. The van der Waals surface area contributed by atoms with E-state index < -0.39 is 0 Å². The topological polar surface area (TPSA) is 50.2 Å². The Balaban J connectivity index is 2.40. The van der Waals surface area contributed by atoms with Crippen molar-refractivity contribution in [3.63, 3.8) is 0 Å². The highest BCUT2D eigenvalue weighted by molar-refractivity contribution is 7.14. The lowest BCUT2D eigenvalue weighted by atomic mass is 10.1. The molecule has 3 nitrogen and oxygen atoms in total. The van der Waals surface area contributed by atoms with E-state index in [0.717, 1.165) is 11.8 Å². The first-order valence-corrected chi connectivity index (χ1v) is 5.91. The fourth-order valence-corrected chi connectivity index (χ4v) is 2.28. The molecular formula is C13H11NO2S. The molecule has 1 aromatic carbocycles. The fraction of sp³-hybridized carbons (Fsp3) is 0.0769. The normalized spacial score (nSPS) is 11.5. The van der Waals surface area contributed by atoms with Gasteiger partial charge in [0.05, 0.1) is 16.7 Å².